The fourth-order valence-electron chi connectivity index (χ4n) is 7.49. The summed E-state index contributed by atoms with van der Waals surface area (Å²) < 4.78 is 0. The predicted molar refractivity (Wildman–Crippen MR) is 276 cm³/mol. The maximum Gasteiger partial charge on any atom is 0.317 e. The second-order valence-electron chi connectivity index (χ2n) is 18.9. The largest absolute Gasteiger partial charge is 0.480 e. The molecule has 83 heavy (non-hydrogen) atoms. The van der Waals surface area contributed by atoms with Crippen molar-refractivity contribution in [1.82, 2.24) is 45.8 Å². The van der Waals surface area contributed by atoms with Crippen molar-refractivity contribution >= 4 is 53.4 Å². The van der Waals surface area contributed by atoms with Crippen molar-refractivity contribution in [2.24, 2.45) is 0 Å². The molecule has 37 heteroatoms. The van der Waals surface area contributed by atoms with E-state index in [-0.39, 0.29) is 13.1 Å². The second kappa shape index (κ2) is 42.3. The van der Waals surface area contributed by atoms with Crippen LogP contribution in [-0.2, 0) is 43.2 Å². The van der Waals surface area contributed by atoms with E-state index < -0.39 is 277 Å². The smallest absolute Gasteiger partial charge is 0.317 e. The van der Waals surface area contributed by atoms with E-state index in [9.17, 15) is 120 Å². The first-order valence-corrected chi connectivity index (χ1v) is 26.1. The van der Waals surface area contributed by atoms with Gasteiger partial charge in [0.15, 0.2) is 24.4 Å². The fraction of sp³-hybridized carbons (Fsp3) is 0.804. The topological polar surface area (TPSA) is 602 Å². The Hall–Kier alpha value is -5.53. The molecule has 37 nitrogen and oxygen atoms in total. The van der Waals surface area contributed by atoms with Gasteiger partial charge in [-0.15, -0.1) is 0 Å². The van der Waals surface area contributed by atoms with E-state index in [0.29, 0.717) is 0 Å². The number of nitrogens with zero attached hydrogens (tertiary/aromatic N) is 5. The molecule has 0 aliphatic heterocycles. The molecule has 0 spiro atoms. The van der Waals surface area contributed by atoms with E-state index in [4.69, 9.17) is 20.4 Å². The summed E-state index contributed by atoms with van der Waals surface area (Å²) in [5.41, 5.74) is 0. The number of aliphatic hydroxyl groups is 16. The van der Waals surface area contributed by atoms with Gasteiger partial charge >= 0.3 is 17.9 Å². The molecule has 0 fully saturated rings. The van der Waals surface area contributed by atoms with Gasteiger partial charge in [0.25, 0.3) is 23.6 Å². The first-order chi connectivity index (χ1) is 39.0. The highest BCUT2D eigenvalue weighted by Crippen LogP contribution is 2.09. The zero-order valence-electron chi connectivity index (χ0n) is 45.5. The normalized spacial score (nSPS) is 16.0. The lowest BCUT2D eigenvalue weighted by molar-refractivity contribution is -0.143. The third kappa shape index (κ3) is 31.3. The maximum absolute atomic E-state index is 13.8. The SMILES string of the molecule is O=C(O)CN(CCN(CC(=O)O)CC(=O)N(CCNC(=O)[C@@H](O)[C@H](O)[C@H](O)CCO)CCNC(=O)[C@@H](O)[C@H](O)[C@H](O)CCO)CCN(CC(=O)O)CC(=O)N(CCNC(=O)[C@@H](O)[C@H](O)[C@H](O)CCO)CCNC(=O)[C@@H](O)[C@H](O)[C@H](O)CCO. The minimum Gasteiger partial charge on any atom is -0.480 e. The minimum atomic E-state index is -2.23. The van der Waals surface area contributed by atoms with E-state index >= 15 is 0 Å². The first-order valence-electron chi connectivity index (χ1n) is 26.1. The van der Waals surface area contributed by atoms with Gasteiger partial charge in [-0.25, -0.2) is 0 Å². The highest BCUT2D eigenvalue weighted by atomic mass is 16.4. The van der Waals surface area contributed by atoms with Crippen LogP contribution in [-0.4, -0.2) is 386 Å². The molecule has 0 radical (unpaired) electrons. The van der Waals surface area contributed by atoms with E-state index in [1.165, 1.54) is 4.90 Å². The summed E-state index contributed by atoms with van der Waals surface area (Å²) in [6.45, 7) is -11.9. The predicted octanol–water partition coefficient (Wildman–Crippen LogP) is -14.9. The number of amides is 6. The molecule has 23 N–H and O–H groups in total. The average molecular weight is 1210 g/mol. The van der Waals surface area contributed by atoms with Crippen molar-refractivity contribution in [2.75, 3.05) is 138 Å². The number of aliphatic carboxylic acids is 3. The van der Waals surface area contributed by atoms with Crippen LogP contribution < -0.4 is 21.3 Å². The Morgan fingerprint density at radius 1 is 0.301 bits per heavy atom. The van der Waals surface area contributed by atoms with E-state index in [1.54, 1.807) is 0 Å². The van der Waals surface area contributed by atoms with Crippen molar-refractivity contribution in [2.45, 2.75) is 98.9 Å². The average Bonchev–Trinajstić information content (AvgIpc) is 3.43. The second-order valence-corrected chi connectivity index (χ2v) is 18.9. The third-order valence-corrected chi connectivity index (χ3v) is 12.3. The minimum absolute atomic E-state index is 0.362. The number of carbonyl (C=O) groups is 9. The van der Waals surface area contributed by atoms with Crippen molar-refractivity contribution in [3.8, 4) is 0 Å². The number of nitrogens with one attached hydrogen (secondary N) is 4. The molecule has 0 saturated carbocycles. The van der Waals surface area contributed by atoms with Gasteiger partial charge in [-0.3, -0.25) is 57.9 Å². The molecule has 0 bridgehead atoms. The quantitative estimate of drug-likeness (QED) is 0.0269. The lowest BCUT2D eigenvalue weighted by atomic mass is 10.1. The molecule has 0 aromatic rings. The molecule has 0 aromatic heterocycles. The summed E-state index contributed by atoms with van der Waals surface area (Å²) in [7, 11) is 0. The van der Waals surface area contributed by atoms with Crippen molar-refractivity contribution in [3.05, 3.63) is 0 Å². The monoisotopic (exact) mass is 1210 g/mol. The van der Waals surface area contributed by atoms with Gasteiger partial charge < -0.3 is 128 Å². The standard InChI is InChI=1S/C46H85N9O28/c56-17-1-26(60)35(72)39(76)43(80)47-5-9-54(10-6-48-44(81)40(77)36(73)27(61)2-18-57)30(64)21-52(24-33(68)69)15-13-51(23-32(66)67)14-16-53(25-34(70)71)22-31(65)55(11-7-49-45(82)41(78)37(74)28(62)3-19-58)12-8-50-46(83)42(79)38(75)29(63)4-20-59/h26-29,35-42,56-63,72-79H,1-25H2,(H,47,80)(H,48,81)(H,49,82)(H,50,83)(H,66,67)(H,68,69)(H,70,71)/t26-,27-,28-,29-,35-,36-,37-,38-,39+,40+,41+,42+/m1/s1. The number of carboxylic acid groups (broad SMARTS) is 3. The molecule has 0 unspecified atom stereocenters. The summed E-state index contributed by atoms with van der Waals surface area (Å²) in [5, 5.41) is 195. The number of carbonyl (C=O) groups excluding carboxylic acids is 6. The molecule has 0 saturated heterocycles. The Labute approximate surface area is 475 Å². The van der Waals surface area contributed by atoms with E-state index in [1.807, 2.05) is 0 Å². The molecule has 0 aliphatic carbocycles. The number of hydrogen-bond donors (Lipinski definition) is 23. The number of rotatable bonds is 48. The highest BCUT2D eigenvalue weighted by Gasteiger charge is 2.34. The number of carboxylic acids is 3. The Balaban J connectivity index is 6.53. The van der Waals surface area contributed by atoms with Gasteiger partial charge in [-0.05, 0) is 25.7 Å². The number of hydrogen-bond acceptors (Lipinski definition) is 28. The maximum atomic E-state index is 13.8. The first kappa shape index (κ1) is 77.5. The third-order valence-electron chi connectivity index (χ3n) is 12.3. The lowest BCUT2D eigenvalue weighted by Crippen LogP contribution is -2.52. The molecule has 0 heterocycles. The van der Waals surface area contributed by atoms with Crippen LogP contribution >= 0.6 is 0 Å². The molecule has 482 valence electrons. The molecule has 0 aliphatic rings. The van der Waals surface area contributed by atoms with Gasteiger partial charge in [-0.1, -0.05) is 0 Å². The zero-order chi connectivity index (χ0) is 63.5. The Bertz CT molecular complexity index is 1760. The van der Waals surface area contributed by atoms with Crippen LogP contribution in [0.1, 0.15) is 25.7 Å². The van der Waals surface area contributed by atoms with Crippen LogP contribution in [0, 0.1) is 0 Å². The Morgan fingerprint density at radius 2 is 0.506 bits per heavy atom. The van der Waals surface area contributed by atoms with Crippen LogP contribution in [0.25, 0.3) is 0 Å². The summed E-state index contributed by atoms with van der Waals surface area (Å²) >= 11 is 0. The van der Waals surface area contributed by atoms with Gasteiger partial charge in [0.05, 0.1) is 57.1 Å². The van der Waals surface area contributed by atoms with Crippen molar-refractivity contribution < 1.29 is 140 Å². The molecular weight excluding hydrogens is 1130 g/mol. The van der Waals surface area contributed by atoms with Gasteiger partial charge in [-0.2, -0.15) is 0 Å². The summed E-state index contributed by atoms with van der Waals surface area (Å²) in [5.74, 6) is -11.2. The van der Waals surface area contributed by atoms with Crippen LogP contribution in [0.15, 0.2) is 0 Å². The summed E-state index contributed by atoms with van der Waals surface area (Å²) in [6.07, 6.45) is -25.7. The zero-order valence-corrected chi connectivity index (χ0v) is 45.5. The van der Waals surface area contributed by atoms with Crippen molar-refractivity contribution in [1.29, 1.82) is 0 Å². The van der Waals surface area contributed by atoms with Crippen LogP contribution in [0.2, 0.25) is 0 Å². The Kier molecular flexibility index (Phi) is 39.5. The molecule has 6 amide bonds. The van der Waals surface area contributed by atoms with Crippen LogP contribution in [0.4, 0.5) is 0 Å². The van der Waals surface area contributed by atoms with Crippen LogP contribution in [0.3, 0.4) is 0 Å². The highest BCUT2D eigenvalue weighted by molar-refractivity contribution is 5.84. The molecule has 12 atom stereocenters. The fourth-order valence-corrected chi connectivity index (χ4v) is 7.49. The van der Waals surface area contributed by atoms with E-state index in [2.05, 4.69) is 21.3 Å². The van der Waals surface area contributed by atoms with Gasteiger partial charge in [0.2, 0.25) is 11.8 Å². The van der Waals surface area contributed by atoms with Gasteiger partial charge in [0.1, 0.15) is 24.4 Å². The summed E-state index contributed by atoms with van der Waals surface area (Å²) in [6, 6.07) is 0. The molecule has 0 aromatic carbocycles. The lowest BCUT2D eigenvalue weighted by Gasteiger charge is -2.31. The molecular formula is C46H85N9O28. The molecule has 0 rings (SSSR count). The number of aliphatic hydroxyl groups excluding tert-OH is 16. The van der Waals surface area contributed by atoms with Crippen LogP contribution in [0.5, 0.6) is 0 Å². The Morgan fingerprint density at radius 3 is 0.711 bits per heavy atom. The van der Waals surface area contributed by atoms with Gasteiger partial charge in [0, 0.05) is 105 Å². The summed E-state index contributed by atoms with van der Waals surface area (Å²) in [4.78, 5) is 119. The van der Waals surface area contributed by atoms with Crippen molar-refractivity contribution in [3.63, 3.8) is 0 Å². The van der Waals surface area contributed by atoms with E-state index in [0.717, 1.165) is 19.6 Å².